The van der Waals surface area contributed by atoms with Gasteiger partial charge >= 0.3 is 0 Å². The minimum atomic E-state index is -0.300. The molecule has 0 saturated carbocycles. The van der Waals surface area contributed by atoms with Crippen molar-refractivity contribution in [3.63, 3.8) is 0 Å². The van der Waals surface area contributed by atoms with Crippen LogP contribution in [0.4, 0.5) is 0 Å². The molecule has 0 radical (unpaired) electrons. The molecule has 0 amide bonds. The van der Waals surface area contributed by atoms with Crippen LogP contribution >= 0.6 is 0 Å². The molecule has 0 bridgehead atoms. The fourth-order valence-corrected chi connectivity index (χ4v) is 1.42. The van der Waals surface area contributed by atoms with Gasteiger partial charge in [0.05, 0.1) is 6.10 Å². The van der Waals surface area contributed by atoms with E-state index in [0.717, 1.165) is 12.0 Å². The van der Waals surface area contributed by atoms with Crippen molar-refractivity contribution >= 4 is 13.3 Å². The van der Waals surface area contributed by atoms with E-state index in [2.05, 4.69) is 13.0 Å². The van der Waals surface area contributed by atoms with Gasteiger partial charge < -0.3 is 5.11 Å². The van der Waals surface area contributed by atoms with E-state index in [4.69, 9.17) is 0 Å². The van der Waals surface area contributed by atoms with Crippen LogP contribution < -0.4 is 5.46 Å². The van der Waals surface area contributed by atoms with Crippen LogP contribution in [0.1, 0.15) is 30.6 Å². The molecule has 1 rings (SSSR count). The van der Waals surface area contributed by atoms with Crippen LogP contribution in [0.25, 0.3) is 0 Å². The molecule has 64 valence electrons. The van der Waals surface area contributed by atoms with Crippen molar-refractivity contribution in [3.05, 3.63) is 29.3 Å². The Labute approximate surface area is 74.8 Å². The van der Waals surface area contributed by atoms with Crippen LogP contribution in [0.5, 0.6) is 0 Å². The monoisotopic (exact) mass is 162 g/mol. The molecule has 0 heterocycles. The third-order valence-electron chi connectivity index (χ3n) is 2.17. The van der Waals surface area contributed by atoms with Gasteiger partial charge in [0.1, 0.15) is 7.85 Å². The molecule has 0 aliphatic carbocycles. The summed E-state index contributed by atoms with van der Waals surface area (Å²) >= 11 is 0. The van der Waals surface area contributed by atoms with Gasteiger partial charge in [-0.1, -0.05) is 36.1 Å². The summed E-state index contributed by atoms with van der Waals surface area (Å²) in [6, 6.07) is 6.16. The summed E-state index contributed by atoms with van der Waals surface area (Å²) in [5, 5.41) is 9.60. The number of rotatable bonds is 2. The summed E-state index contributed by atoms with van der Waals surface area (Å²) in [7, 11) is 2.04. The summed E-state index contributed by atoms with van der Waals surface area (Å²) in [6.07, 6.45) is 0.481. The molecule has 0 unspecified atom stereocenters. The quantitative estimate of drug-likeness (QED) is 0.634. The maximum absolute atomic E-state index is 9.60. The van der Waals surface area contributed by atoms with Gasteiger partial charge in [0.15, 0.2) is 0 Å². The molecule has 12 heavy (non-hydrogen) atoms. The van der Waals surface area contributed by atoms with Crippen LogP contribution in [0.3, 0.4) is 0 Å². The third-order valence-corrected chi connectivity index (χ3v) is 2.17. The lowest BCUT2D eigenvalue weighted by atomic mass is 9.86. The highest BCUT2D eigenvalue weighted by molar-refractivity contribution is 6.33. The van der Waals surface area contributed by atoms with Crippen molar-refractivity contribution in [2.45, 2.75) is 26.4 Å². The zero-order chi connectivity index (χ0) is 9.14. The average Bonchev–Trinajstić information content (AvgIpc) is 2.03. The lowest BCUT2D eigenvalue weighted by molar-refractivity contribution is 0.175. The van der Waals surface area contributed by atoms with Gasteiger partial charge in [-0.05, 0) is 18.9 Å². The van der Waals surface area contributed by atoms with Gasteiger partial charge in [-0.2, -0.15) is 0 Å². The normalized spacial score (nSPS) is 12.9. The average molecular weight is 162 g/mol. The van der Waals surface area contributed by atoms with E-state index in [1.54, 1.807) is 0 Å². The molecule has 1 atom stereocenters. The second kappa shape index (κ2) is 3.77. The van der Waals surface area contributed by atoms with Crippen LogP contribution in [0.2, 0.25) is 0 Å². The molecule has 0 aromatic heterocycles. The van der Waals surface area contributed by atoms with E-state index >= 15 is 0 Å². The highest BCUT2D eigenvalue weighted by Gasteiger charge is 2.06. The van der Waals surface area contributed by atoms with Gasteiger partial charge in [-0.3, -0.25) is 0 Å². The number of aliphatic hydroxyl groups excluding tert-OH is 1. The Hall–Kier alpha value is -0.755. The predicted octanol–water partition coefficient (Wildman–Crippen LogP) is 0.697. The first-order chi connectivity index (χ1) is 5.65. The molecule has 1 nitrogen and oxygen atoms in total. The first-order valence-electron chi connectivity index (χ1n) is 4.40. The number of aryl methyl sites for hydroxylation is 1. The minimum Gasteiger partial charge on any atom is -0.388 e. The van der Waals surface area contributed by atoms with Crippen LogP contribution in [0.15, 0.2) is 18.2 Å². The molecule has 0 aliphatic heterocycles. The Morgan fingerprint density at radius 2 is 2.17 bits per heavy atom. The molecule has 1 N–H and O–H groups in total. The summed E-state index contributed by atoms with van der Waals surface area (Å²) in [5.74, 6) is 0. The number of aliphatic hydroxyl groups is 1. The summed E-state index contributed by atoms with van der Waals surface area (Å²) in [5.41, 5.74) is 3.49. The SMILES string of the molecule is Bc1cc(C)ccc1[C@H](O)CC. The van der Waals surface area contributed by atoms with Crippen LogP contribution in [-0.4, -0.2) is 13.0 Å². The number of hydrogen-bond acceptors (Lipinski definition) is 1. The lowest BCUT2D eigenvalue weighted by Crippen LogP contribution is -2.14. The topological polar surface area (TPSA) is 20.2 Å². The second-order valence-electron chi connectivity index (χ2n) is 3.28. The Balaban J connectivity index is 3.01. The first-order valence-corrected chi connectivity index (χ1v) is 4.40. The highest BCUT2D eigenvalue weighted by Crippen LogP contribution is 2.13. The maximum Gasteiger partial charge on any atom is 0.139 e. The molecule has 0 fully saturated rings. The highest BCUT2D eigenvalue weighted by atomic mass is 16.3. The van der Waals surface area contributed by atoms with Crippen molar-refractivity contribution in [1.82, 2.24) is 0 Å². The Morgan fingerprint density at radius 3 is 2.67 bits per heavy atom. The molecule has 1 aromatic carbocycles. The first kappa shape index (κ1) is 9.33. The molecule has 0 spiro atoms. The smallest absolute Gasteiger partial charge is 0.139 e. The Kier molecular flexibility index (Phi) is 2.93. The zero-order valence-electron chi connectivity index (χ0n) is 7.96. The van der Waals surface area contributed by atoms with Crippen molar-refractivity contribution < 1.29 is 5.11 Å². The standard InChI is InChI=1S/C10H15BO/c1-3-10(12)8-5-4-7(2)6-9(8)11/h4-6,10,12H,3,11H2,1-2H3/t10-/m1/s1. The minimum absolute atomic E-state index is 0.300. The molecular formula is C10H15BO. The van der Waals surface area contributed by atoms with Crippen molar-refractivity contribution in [2.75, 3.05) is 0 Å². The number of hydrogen-bond donors (Lipinski definition) is 1. The largest absolute Gasteiger partial charge is 0.388 e. The molecule has 1 aromatic rings. The molecule has 0 aliphatic rings. The predicted molar refractivity (Wildman–Crippen MR) is 54.6 cm³/mol. The van der Waals surface area contributed by atoms with Crippen molar-refractivity contribution in [2.24, 2.45) is 0 Å². The second-order valence-corrected chi connectivity index (χ2v) is 3.28. The van der Waals surface area contributed by atoms with E-state index in [1.165, 1.54) is 11.0 Å². The summed E-state index contributed by atoms with van der Waals surface area (Å²) < 4.78 is 0. The van der Waals surface area contributed by atoms with Gasteiger partial charge in [0, 0.05) is 0 Å². The fraction of sp³-hybridized carbons (Fsp3) is 0.400. The van der Waals surface area contributed by atoms with Crippen LogP contribution in [0, 0.1) is 6.92 Å². The maximum atomic E-state index is 9.60. The molecule has 0 saturated heterocycles. The van der Waals surface area contributed by atoms with Crippen molar-refractivity contribution in [3.8, 4) is 0 Å². The molecular weight excluding hydrogens is 147 g/mol. The number of benzene rings is 1. The van der Waals surface area contributed by atoms with Gasteiger partial charge in [-0.15, -0.1) is 0 Å². The lowest BCUT2D eigenvalue weighted by Gasteiger charge is -2.11. The van der Waals surface area contributed by atoms with Gasteiger partial charge in [0.25, 0.3) is 0 Å². The van der Waals surface area contributed by atoms with E-state index in [0.29, 0.717) is 0 Å². The van der Waals surface area contributed by atoms with E-state index < -0.39 is 0 Å². The zero-order valence-corrected chi connectivity index (χ0v) is 7.96. The van der Waals surface area contributed by atoms with Crippen molar-refractivity contribution in [1.29, 1.82) is 0 Å². The van der Waals surface area contributed by atoms with Gasteiger partial charge in [-0.25, -0.2) is 0 Å². The summed E-state index contributed by atoms with van der Waals surface area (Å²) in [6.45, 7) is 4.05. The van der Waals surface area contributed by atoms with E-state index in [-0.39, 0.29) is 6.10 Å². The third kappa shape index (κ3) is 1.89. The van der Waals surface area contributed by atoms with E-state index in [9.17, 15) is 5.11 Å². The van der Waals surface area contributed by atoms with Gasteiger partial charge in [0.2, 0.25) is 0 Å². The Bertz CT molecular complexity index is 271. The fourth-order valence-electron chi connectivity index (χ4n) is 1.42. The summed E-state index contributed by atoms with van der Waals surface area (Å²) in [4.78, 5) is 0. The Morgan fingerprint density at radius 1 is 1.50 bits per heavy atom. The molecule has 2 heteroatoms. The van der Waals surface area contributed by atoms with E-state index in [1.807, 2.05) is 26.9 Å². The van der Waals surface area contributed by atoms with Crippen LogP contribution in [-0.2, 0) is 0 Å².